The molecule has 174 valence electrons. The van der Waals surface area contributed by atoms with Gasteiger partial charge in [0.25, 0.3) is 5.56 Å². The Morgan fingerprint density at radius 2 is 1.88 bits per heavy atom. The molecule has 1 saturated heterocycles. The lowest BCUT2D eigenvalue weighted by Crippen LogP contribution is -2.59. The number of hydrogen-bond acceptors (Lipinski definition) is 6. The van der Waals surface area contributed by atoms with Gasteiger partial charge in [0.05, 0.1) is 29.7 Å². The van der Waals surface area contributed by atoms with Gasteiger partial charge >= 0.3 is 6.09 Å². The van der Waals surface area contributed by atoms with Crippen LogP contribution in [0, 0.1) is 11.6 Å². The van der Waals surface area contributed by atoms with Crippen molar-refractivity contribution in [3.63, 3.8) is 0 Å². The number of aromatic nitrogens is 2. The average Bonchev–Trinajstić information content (AvgIpc) is 2.67. The quantitative estimate of drug-likeness (QED) is 0.742. The largest absolute Gasteiger partial charge is 0.444 e. The van der Waals surface area contributed by atoms with Crippen molar-refractivity contribution in [3.05, 3.63) is 51.4 Å². The first kappa shape index (κ1) is 23.9. The van der Waals surface area contributed by atoms with Crippen LogP contribution in [0.2, 0.25) is 5.02 Å². The van der Waals surface area contributed by atoms with Crippen molar-refractivity contribution in [1.82, 2.24) is 14.7 Å². The molecule has 2 atom stereocenters. The summed E-state index contributed by atoms with van der Waals surface area (Å²) in [6, 6.07) is 2.02. The predicted molar refractivity (Wildman–Crippen MR) is 115 cm³/mol. The fourth-order valence-corrected chi connectivity index (χ4v) is 3.72. The Labute approximate surface area is 188 Å². The van der Waals surface area contributed by atoms with Crippen LogP contribution in [0.1, 0.15) is 27.7 Å². The first-order chi connectivity index (χ1) is 14.9. The molecular weight excluding hydrogens is 446 g/mol. The molecule has 1 aromatic heterocycles. The molecule has 8 nitrogen and oxygen atoms in total. The van der Waals surface area contributed by atoms with Gasteiger partial charge in [-0.1, -0.05) is 11.6 Å². The Morgan fingerprint density at radius 1 is 1.25 bits per heavy atom. The zero-order valence-electron chi connectivity index (χ0n) is 18.2. The summed E-state index contributed by atoms with van der Waals surface area (Å²) < 4.78 is 33.3. The third-order valence-electron chi connectivity index (χ3n) is 4.93. The van der Waals surface area contributed by atoms with E-state index in [1.165, 1.54) is 11.1 Å². The van der Waals surface area contributed by atoms with Crippen LogP contribution < -0.4 is 10.5 Å². The summed E-state index contributed by atoms with van der Waals surface area (Å²) in [4.78, 5) is 28.4. The molecule has 0 radical (unpaired) electrons. The van der Waals surface area contributed by atoms with Crippen LogP contribution in [0.25, 0.3) is 5.69 Å². The van der Waals surface area contributed by atoms with Gasteiger partial charge in [0.2, 0.25) is 0 Å². The Balaban J connectivity index is 1.91. The minimum Gasteiger partial charge on any atom is -0.444 e. The topological polar surface area (TPSA) is 87.9 Å². The summed E-state index contributed by atoms with van der Waals surface area (Å²) >= 11 is 6.33. The summed E-state index contributed by atoms with van der Waals surface area (Å²) in [5.74, 6) is -1.72. The van der Waals surface area contributed by atoms with Crippen molar-refractivity contribution >= 4 is 23.4 Å². The lowest BCUT2D eigenvalue weighted by molar-refractivity contribution is 0.0163. The smallest absolute Gasteiger partial charge is 0.410 e. The van der Waals surface area contributed by atoms with E-state index in [-0.39, 0.29) is 36.0 Å². The fourth-order valence-electron chi connectivity index (χ4n) is 3.48. The zero-order chi connectivity index (χ0) is 23.8. The molecule has 1 N–H and O–H groups in total. The van der Waals surface area contributed by atoms with Gasteiger partial charge < -0.3 is 19.6 Å². The molecule has 32 heavy (non-hydrogen) atoms. The molecule has 0 bridgehead atoms. The number of benzene rings is 1. The van der Waals surface area contributed by atoms with Crippen LogP contribution in [0.3, 0.4) is 0 Å². The van der Waals surface area contributed by atoms with Crippen molar-refractivity contribution in [2.75, 3.05) is 24.5 Å². The van der Waals surface area contributed by atoms with Gasteiger partial charge in [-0.2, -0.15) is 9.78 Å². The predicted octanol–water partition coefficient (Wildman–Crippen LogP) is 2.97. The van der Waals surface area contributed by atoms with E-state index in [1.807, 2.05) is 0 Å². The van der Waals surface area contributed by atoms with Crippen molar-refractivity contribution in [3.8, 4) is 5.69 Å². The summed E-state index contributed by atoms with van der Waals surface area (Å²) in [6.45, 7) is 7.52. The number of hydrogen-bond donors (Lipinski definition) is 1. The van der Waals surface area contributed by atoms with Gasteiger partial charge in [-0.15, -0.1) is 0 Å². The second-order valence-electron chi connectivity index (χ2n) is 8.62. The minimum absolute atomic E-state index is 0.109. The lowest BCUT2D eigenvalue weighted by atomic mass is 10.1. The number of ether oxygens (including phenoxy) is 1. The summed E-state index contributed by atoms with van der Waals surface area (Å²) in [5, 5.41) is 14.1. The van der Waals surface area contributed by atoms with Crippen molar-refractivity contribution in [2.24, 2.45) is 0 Å². The van der Waals surface area contributed by atoms with E-state index >= 15 is 0 Å². The molecule has 2 unspecified atom stereocenters. The van der Waals surface area contributed by atoms with E-state index in [4.69, 9.17) is 16.3 Å². The highest BCUT2D eigenvalue weighted by molar-refractivity contribution is 6.33. The number of aliphatic hydroxyl groups is 1. The van der Waals surface area contributed by atoms with Crippen LogP contribution in [0.4, 0.5) is 19.3 Å². The van der Waals surface area contributed by atoms with E-state index in [9.17, 15) is 23.5 Å². The lowest BCUT2D eigenvalue weighted by Gasteiger charge is -2.44. The van der Waals surface area contributed by atoms with E-state index in [0.717, 1.165) is 16.8 Å². The molecule has 3 rings (SSSR count). The molecule has 1 fully saturated rings. The van der Waals surface area contributed by atoms with Gasteiger partial charge in [-0.3, -0.25) is 4.79 Å². The SMILES string of the molecule is CC(O)C1CN(C(=O)OC(C)(C)C)CCN1c1cnn(-c2cc(F)cc(F)c2)c(=O)c1Cl. The molecule has 11 heteroatoms. The molecule has 2 aromatic rings. The fraction of sp³-hybridized carbons (Fsp3) is 0.476. The molecule has 0 saturated carbocycles. The number of amides is 1. The molecule has 1 aliphatic heterocycles. The Bertz CT molecular complexity index is 1050. The van der Waals surface area contributed by atoms with Crippen LogP contribution in [0.5, 0.6) is 0 Å². The Morgan fingerprint density at radius 3 is 2.44 bits per heavy atom. The number of piperazine rings is 1. The van der Waals surface area contributed by atoms with Crippen LogP contribution >= 0.6 is 11.6 Å². The van der Waals surface area contributed by atoms with Crippen LogP contribution in [-0.4, -0.2) is 63.3 Å². The second kappa shape index (κ2) is 9.03. The highest BCUT2D eigenvalue weighted by atomic mass is 35.5. The van der Waals surface area contributed by atoms with Gasteiger partial charge in [-0.05, 0) is 39.8 Å². The number of anilines is 1. The van der Waals surface area contributed by atoms with Gasteiger partial charge in [0.15, 0.2) is 0 Å². The second-order valence-corrected chi connectivity index (χ2v) is 8.99. The minimum atomic E-state index is -0.879. The van der Waals surface area contributed by atoms with Crippen molar-refractivity contribution < 1.29 is 23.4 Å². The number of halogens is 3. The maximum atomic E-state index is 13.6. The van der Waals surface area contributed by atoms with Crippen molar-refractivity contribution in [1.29, 1.82) is 0 Å². The molecule has 1 amide bonds. The zero-order valence-corrected chi connectivity index (χ0v) is 18.9. The van der Waals surface area contributed by atoms with E-state index in [0.29, 0.717) is 6.07 Å². The number of carbonyl (C=O) groups is 1. The Kier molecular flexibility index (Phi) is 6.75. The summed E-state index contributed by atoms with van der Waals surface area (Å²) in [6.07, 6.45) is -0.0861. The normalized spacial score (nSPS) is 17.9. The van der Waals surface area contributed by atoms with Gasteiger partial charge in [0, 0.05) is 25.7 Å². The number of rotatable bonds is 3. The average molecular weight is 471 g/mol. The van der Waals surface area contributed by atoms with E-state index in [1.54, 1.807) is 32.6 Å². The molecule has 1 aromatic carbocycles. The monoisotopic (exact) mass is 470 g/mol. The number of nitrogens with zero attached hydrogens (tertiary/aromatic N) is 4. The van der Waals surface area contributed by atoms with Crippen LogP contribution in [0.15, 0.2) is 29.2 Å². The van der Waals surface area contributed by atoms with Gasteiger partial charge in [0.1, 0.15) is 22.3 Å². The molecule has 0 aliphatic carbocycles. The standard InChI is InChI=1S/C21H25ClF2N4O4/c1-12(29)17-11-26(20(31)32-21(2,3)4)5-6-27(17)16-10-25-28(19(30)18(16)22)15-8-13(23)7-14(24)9-15/h7-10,12,17,29H,5-6,11H2,1-4H3. The maximum absolute atomic E-state index is 13.6. The third kappa shape index (κ3) is 5.18. The third-order valence-corrected chi connectivity index (χ3v) is 5.28. The summed E-state index contributed by atoms with van der Waals surface area (Å²) in [5.41, 5.74) is -1.29. The molecule has 1 aliphatic rings. The molecule has 0 spiro atoms. The first-order valence-corrected chi connectivity index (χ1v) is 10.4. The van der Waals surface area contributed by atoms with Crippen molar-refractivity contribution in [2.45, 2.75) is 45.4 Å². The Hall–Kier alpha value is -2.72. The first-order valence-electron chi connectivity index (χ1n) is 10.0. The highest BCUT2D eigenvalue weighted by Gasteiger charge is 2.36. The van der Waals surface area contributed by atoms with Crippen LogP contribution in [-0.2, 0) is 4.74 Å². The van der Waals surface area contributed by atoms with Gasteiger partial charge in [-0.25, -0.2) is 13.6 Å². The molecular formula is C21H25ClF2N4O4. The van der Waals surface area contributed by atoms with E-state index in [2.05, 4.69) is 5.10 Å². The maximum Gasteiger partial charge on any atom is 0.410 e. The van der Waals surface area contributed by atoms with E-state index < -0.39 is 41.0 Å². The summed E-state index contributed by atoms with van der Waals surface area (Å²) in [7, 11) is 0. The molecule has 2 heterocycles. The number of carbonyl (C=O) groups excluding carboxylic acids is 1. The highest BCUT2D eigenvalue weighted by Crippen LogP contribution is 2.28. The number of aliphatic hydroxyl groups excluding tert-OH is 1.